The van der Waals surface area contributed by atoms with E-state index in [1.54, 1.807) is 0 Å². The highest BCUT2D eigenvalue weighted by Crippen LogP contribution is 2.23. The summed E-state index contributed by atoms with van der Waals surface area (Å²) in [7, 11) is 0. The summed E-state index contributed by atoms with van der Waals surface area (Å²) >= 11 is 0. The quantitative estimate of drug-likeness (QED) is 0.725. The van der Waals surface area contributed by atoms with E-state index < -0.39 is 0 Å². The van der Waals surface area contributed by atoms with Gasteiger partial charge in [0.2, 0.25) is 5.91 Å². The molecule has 1 atom stereocenters. The number of amides is 1. The number of carbonyl (C=O) groups excluding carboxylic acids is 1. The highest BCUT2D eigenvalue weighted by Gasteiger charge is 2.17. The lowest BCUT2D eigenvalue weighted by Gasteiger charge is -2.19. The molecule has 3 aromatic rings. The molecule has 0 unspecified atom stereocenters. The van der Waals surface area contributed by atoms with E-state index in [1.165, 1.54) is 11.1 Å². The van der Waals surface area contributed by atoms with Crippen molar-refractivity contribution in [2.45, 2.75) is 26.3 Å². The first-order valence-electron chi connectivity index (χ1n) is 8.17. The zero-order chi connectivity index (χ0) is 16.9. The van der Waals surface area contributed by atoms with Crippen molar-refractivity contribution in [3.05, 3.63) is 89.7 Å². The first kappa shape index (κ1) is 16.1. The minimum absolute atomic E-state index is 0.00829. The molecule has 1 N–H and O–H groups in total. The summed E-state index contributed by atoms with van der Waals surface area (Å²) in [5.41, 5.74) is 4.36. The normalized spacial score (nSPS) is 11.9. The van der Waals surface area contributed by atoms with Gasteiger partial charge in [-0.05, 0) is 43.7 Å². The van der Waals surface area contributed by atoms with E-state index in [-0.39, 0.29) is 11.9 Å². The number of anilines is 1. The second-order valence-corrected chi connectivity index (χ2v) is 6.18. The number of benzene rings is 2. The average Bonchev–Trinajstić information content (AvgIpc) is 3.10. The molecule has 0 bridgehead atoms. The molecular formula is C21H22N2O. The third-order valence-corrected chi connectivity index (χ3v) is 4.16. The zero-order valence-corrected chi connectivity index (χ0v) is 14.1. The first-order valence-corrected chi connectivity index (χ1v) is 8.17. The fourth-order valence-electron chi connectivity index (χ4n) is 2.76. The van der Waals surface area contributed by atoms with Gasteiger partial charge >= 0.3 is 0 Å². The van der Waals surface area contributed by atoms with Gasteiger partial charge in [0.15, 0.2) is 0 Å². The molecule has 0 fully saturated rings. The molecule has 1 aromatic heterocycles. The van der Waals surface area contributed by atoms with Crippen LogP contribution in [0, 0.1) is 13.8 Å². The van der Waals surface area contributed by atoms with E-state index in [0.717, 1.165) is 11.3 Å². The maximum absolute atomic E-state index is 12.5. The molecular weight excluding hydrogens is 296 g/mol. The van der Waals surface area contributed by atoms with Crippen LogP contribution in [-0.2, 0) is 4.79 Å². The Balaban J connectivity index is 1.77. The summed E-state index contributed by atoms with van der Waals surface area (Å²) in [6.45, 7) is 4.10. The number of rotatable bonds is 5. The van der Waals surface area contributed by atoms with Crippen LogP contribution < -0.4 is 5.32 Å². The molecule has 0 radical (unpaired) electrons. The Hall–Kier alpha value is -2.81. The summed E-state index contributed by atoms with van der Waals surface area (Å²) in [5.74, 6) is 0.0122. The van der Waals surface area contributed by atoms with Crippen molar-refractivity contribution in [3.63, 3.8) is 0 Å². The van der Waals surface area contributed by atoms with E-state index in [0.29, 0.717) is 6.42 Å². The van der Waals surface area contributed by atoms with Crippen molar-refractivity contribution in [3.8, 4) is 0 Å². The minimum atomic E-state index is -0.00829. The summed E-state index contributed by atoms with van der Waals surface area (Å²) in [6.07, 6.45) is 4.40. The smallest absolute Gasteiger partial charge is 0.226 e. The van der Waals surface area contributed by atoms with E-state index in [2.05, 4.69) is 41.1 Å². The van der Waals surface area contributed by atoms with Gasteiger partial charge in [-0.1, -0.05) is 47.5 Å². The van der Waals surface area contributed by atoms with Crippen LogP contribution in [0.1, 0.15) is 29.2 Å². The van der Waals surface area contributed by atoms with Gasteiger partial charge in [0.1, 0.15) is 0 Å². The van der Waals surface area contributed by atoms with E-state index >= 15 is 0 Å². The third kappa shape index (κ3) is 3.93. The molecule has 0 aliphatic carbocycles. The predicted molar refractivity (Wildman–Crippen MR) is 98.2 cm³/mol. The molecule has 3 rings (SSSR count). The summed E-state index contributed by atoms with van der Waals surface area (Å²) in [5, 5.41) is 2.99. The Kier molecular flexibility index (Phi) is 4.80. The number of carbonyl (C=O) groups is 1. The minimum Gasteiger partial charge on any atom is -0.346 e. The fourth-order valence-corrected chi connectivity index (χ4v) is 2.76. The molecule has 2 aromatic carbocycles. The molecule has 3 heteroatoms. The number of hydrogen-bond donors (Lipinski definition) is 1. The molecule has 0 saturated carbocycles. The molecule has 0 spiro atoms. The van der Waals surface area contributed by atoms with Gasteiger partial charge < -0.3 is 9.88 Å². The van der Waals surface area contributed by atoms with Crippen LogP contribution in [0.3, 0.4) is 0 Å². The van der Waals surface area contributed by atoms with Crippen molar-refractivity contribution in [1.82, 2.24) is 4.57 Å². The predicted octanol–water partition coefficient (Wildman–Crippen LogP) is 4.72. The SMILES string of the molecule is Cc1ccc(NC(=O)C[C@@H](c2ccc(C)cc2)n2cccc2)cc1. The van der Waals surface area contributed by atoms with Gasteiger partial charge in [-0.25, -0.2) is 0 Å². The van der Waals surface area contributed by atoms with Crippen LogP contribution in [0.5, 0.6) is 0 Å². The number of aromatic nitrogens is 1. The Morgan fingerprint density at radius 2 is 1.46 bits per heavy atom. The molecule has 1 amide bonds. The second kappa shape index (κ2) is 7.18. The van der Waals surface area contributed by atoms with Crippen LogP contribution in [0.2, 0.25) is 0 Å². The number of hydrogen-bond acceptors (Lipinski definition) is 1. The zero-order valence-electron chi connectivity index (χ0n) is 14.1. The van der Waals surface area contributed by atoms with Crippen molar-refractivity contribution in [2.75, 3.05) is 5.32 Å². The lowest BCUT2D eigenvalue weighted by atomic mass is 10.0. The van der Waals surface area contributed by atoms with Gasteiger partial charge in [0.05, 0.1) is 12.5 Å². The molecule has 0 aliphatic rings. The monoisotopic (exact) mass is 318 g/mol. The first-order chi connectivity index (χ1) is 11.6. The molecule has 0 saturated heterocycles. The van der Waals surface area contributed by atoms with Crippen LogP contribution in [0.4, 0.5) is 5.69 Å². The van der Waals surface area contributed by atoms with Crippen molar-refractivity contribution in [1.29, 1.82) is 0 Å². The number of aryl methyl sites for hydroxylation is 2. The van der Waals surface area contributed by atoms with Gasteiger partial charge in [-0.15, -0.1) is 0 Å². The van der Waals surface area contributed by atoms with Gasteiger partial charge in [0, 0.05) is 18.1 Å². The summed E-state index contributed by atoms with van der Waals surface area (Å²) < 4.78 is 2.08. The van der Waals surface area contributed by atoms with Crippen LogP contribution in [0.15, 0.2) is 73.1 Å². The third-order valence-electron chi connectivity index (χ3n) is 4.16. The van der Waals surface area contributed by atoms with Crippen molar-refractivity contribution >= 4 is 11.6 Å². The summed E-state index contributed by atoms with van der Waals surface area (Å²) in [4.78, 5) is 12.5. The standard InChI is InChI=1S/C21H22N2O/c1-16-5-9-18(10-6-16)20(23-13-3-4-14-23)15-21(24)22-19-11-7-17(2)8-12-19/h3-14,20H,15H2,1-2H3,(H,22,24)/t20-/m0/s1. The maximum atomic E-state index is 12.5. The maximum Gasteiger partial charge on any atom is 0.226 e. The van der Waals surface area contributed by atoms with Crippen molar-refractivity contribution < 1.29 is 4.79 Å². The molecule has 1 heterocycles. The van der Waals surface area contributed by atoms with Crippen LogP contribution in [0.25, 0.3) is 0 Å². The van der Waals surface area contributed by atoms with Gasteiger partial charge in [-0.2, -0.15) is 0 Å². The van der Waals surface area contributed by atoms with Crippen molar-refractivity contribution in [2.24, 2.45) is 0 Å². The topological polar surface area (TPSA) is 34.0 Å². The molecule has 3 nitrogen and oxygen atoms in total. The molecule has 0 aliphatic heterocycles. The van der Waals surface area contributed by atoms with E-state index in [4.69, 9.17) is 0 Å². The fraction of sp³-hybridized carbons (Fsp3) is 0.190. The summed E-state index contributed by atoms with van der Waals surface area (Å²) in [6, 6.07) is 20.2. The average molecular weight is 318 g/mol. The Labute approximate surface area is 143 Å². The number of nitrogens with one attached hydrogen (secondary N) is 1. The molecule has 24 heavy (non-hydrogen) atoms. The van der Waals surface area contributed by atoms with E-state index in [9.17, 15) is 4.79 Å². The Morgan fingerprint density at radius 1 is 0.917 bits per heavy atom. The lowest BCUT2D eigenvalue weighted by Crippen LogP contribution is -2.19. The van der Waals surface area contributed by atoms with E-state index in [1.807, 2.05) is 55.7 Å². The van der Waals surface area contributed by atoms with Crippen LogP contribution >= 0.6 is 0 Å². The largest absolute Gasteiger partial charge is 0.346 e. The molecule has 122 valence electrons. The lowest BCUT2D eigenvalue weighted by molar-refractivity contribution is -0.116. The Morgan fingerprint density at radius 3 is 2.04 bits per heavy atom. The number of nitrogens with zero attached hydrogens (tertiary/aromatic N) is 1. The highest BCUT2D eigenvalue weighted by molar-refractivity contribution is 5.91. The second-order valence-electron chi connectivity index (χ2n) is 6.18. The van der Waals surface area contributed by atoms with Gasteiger partial charge in [-0.3, -0.25) is 4.79 Å². The van der Waals surface area contributed by atoms with Gasteiger partial charge in [0.25, 0.3) is 0 Å². The Bertz CT molecular complexity index is 787. The highest BCUT2D eigenvalue weighted by atomic mass is 16.1. The van der Waals surface area contributed by atoms with Crippen LogP contribution in [-0.4, -0.2) is 10.5 Å².